The molecule has 0 aliphatic heterocycles. The molecule has 1 aromatic rings. The van der Waals surface area contributed by atoms with Gasteiger partial charge < -0.3 is 15.2 Å². The Balaban J connectivity index is 2.53. The predicted octanol–water partition coefficient (Wildman–Crippen LogP) is 3.18. The van der Waals surface area contributed by atoms with Gasteiger partial charge in [0.05, 0.1) is 0 Å². The predicted molar refractivity (Wildman–Crippen MR) is 83.3 cm³/mol. The van der Waals surface area contributed by atoms with E-state index in [0.29, 0.717) is 5.56 Å². The van der Waals surface area contributed by atoms with Gasteiger partial charge in [0.25, 0.3) is 0 Å². The second-order valence-corrected chi connectivity index (χ2v) is 6.86. The average molecular weight is 347 g/mol. The van der Waals surface area contributed by atoms with Crippen LogP contribution in [0.1, 0.15) is 26.3 Å². The second kappa shape index (κ2) is 8.14. The number of hydrogen-bond acceptors (Lipinski definition) is 4. The zero-order valence-electron chi connectivity index (χ0n) is 13.1. The molecule has 0 saturated carbocycles. The Morgan fingerprint density at radius 3 is 2.30 bits per heavy atom. The van der Waals surface area contributed by atoms with Crippen molar-refractivity contribution < 1.29 is 28.2 Å². The third kappa shape index (κ3) is 7.83. The van der Waals surface area contributed by atoms with Gasteiger partial charge in [-0.1, -0.05) is 0 Å². The number of carboxylic acids is 1. The van der Waals surface area contributed by atoms with Gasteiger partial charge in [-0.05, 0) is 38.5 Å². The number of carbonyl (C=O) groups excluding carboxylic acids is 1. The van der Waals surface area contributed by atoms with Crippen LogP contribution < -0.4 is 5.32 Å². The van der Waals surface area contributed by atoms with Gasteiger partial charge in [0.1, 0.15) is 23.3 Å². The first kappa shape index (κ1) is 19.2. The molecule has 1 rings (SSSR count). The Kier molecular flexibility index (Phi) is 6.80. The minimum atomic E-state index is -1.21. The van der Waals surface area contributed by atoms with Crippen molar-refractivity contribution in [3.63, 3.8) is 0 Å². The van der Waals surface area contributed by atoms with Crippen molar-refractivity contribution in [2.45, 2.75) is 38.2 Å². The van der Waals surface area contributed by atoms with Crippen molar-refractivity contribution in [3.8, 4) is 0 Å². The van der Waals surface area contributed by atoms with Crippen LogP contribution in [0.15, 0.2) is 18.2 Å². The average Bonchev–Trinajstić information content (AvgIpc) is 2.33. The molecular weight excluding hydrogens is 328 g/mol. The SMILES string of the molecule is CC(C)(C)OC(=O)NC(CSCc1cc(F)cc(F)c1)C(=O)O. The fourth-order valence-electron chi connectivity index (χ4n) is 1.61. The standard InChI is InChI=1S/C15H19F2NO4S/c1-15(2,3)22-14(21)18-12(13(19)20)8-23-7-9-4-10(16)6-11(17)5-9/h4-6,12H,7-8H2,1-3H3,(H,18,21)(H,19,20). The number of thioether (sulfide) groups is 1. The molecule has 0 radical (unpaired) electrons. The van der Waals surface area contributed by atoms with Crippen molar-refractivity contribution in [2.24, 2.45) is 0 Å². The van der Waals surface area contributed by atoms with Crippen LogP contribution in [0.4, 0.5) is 13.6 Å². The van der Waals surface area contributed by atoms with Crippen molar-refractivity contribution in [1.82, 2.24) is 5.32 Å². The summed E-state index contributed by atoms with van der Waals surface area (Å²) >= 11 is 1.14. The van der Waals surface area contributed by atoms with E-state index >= 15 is 0 Å². The topological polar surface area (TPSA) is 75.6 Å². The first-order chi connectivity index (χ1) is 10.6. The molecule has 0 aromatic heterocycles. The van der Waals surface area contributed by atoms with Crippen molar-refractivity contribution in [2.75, 3.05) is 5.75 Å². The number of amides is 1. The molecule has 0 aliphatic rings. The lowest BCUT2D eigenvalue weighted by Crippen LogP contribution is -2.44. The van der Waals surface area contributed by atoms with E-state index in [1.807, 2.05) is 0 Å². The van der Waals surface area contributed by atoms with Crippen LogP contribution in [0.2, 0.25) is 0 Å². The molecule has 128 valence electrons. The molecule has 0 spiro atoms. The van der Waals surface area contributed by atoms with Crippen LogP contribution in [0.25, 0.3) is 0 Å². The number of carboxylic acid groups (broad SMARTS) is 1. The molecule has 8 heteroatoms. The normalized spacial score (nSPS) is 12.6. The third-order valence-corrected chi connectivity index (χ3v) is 3.57. The summed E-state index contributed by atoms with van der Waals surface area (Å²) in [5.74, 6) is -2.35. The first-order valence-corrected chi connectivity index (χ1v) is 7.97. The highest BCUT2D eigenvalue weighted by Gasteiger charge is 2.23. The molecule has 0 aliphatic carbocycles. The summed E-state index contributed by atoms with van der Waals surface area (Å²) in [7, 11) is 0. The lowest BCUT2D eigenvalue weighted by Gasteiger charge is -2.21. The van der Waals surface area contributed by atoms with Crippen LogP contribution in [0.5, 0.6) is 0 Å². The molecule has 1 atom stereocenters. The lowest BCUT2D eigenvalue weighted by atomic mass is 10.2. The minimum Gasteiger partial charge on any atom is -0.480 e. The van der Waals surface area contributed by atoms with E-state index in [1.54, 1.807) is 20.8 Å². The largest absolute Gasteiger partial charge is 0.480 e. The van der Waals surface area contributed by atoms with Gasteiger partial charge in [-0.2, -0.15) is 11.8 Å². The van der Waals surface area contributed by atoms with E-state index in [4.69, 9.17) is 9.84 Å². The van der Waals surface area contributed by atoms with Gasteiger partial charge in [0.2, 0.25) is 0 Å². The number of nitrogens with one attached hydrogen (secondary N) is 1. The van der Waals surface area contributed by atoms with Crippen LogP contribution in [-0.2, 0) is 15.3 Å². The third-order valence-electron chi connectivity index (χ3n) is 2.46. The van der Waals surface area contributed by atoms with Crippen LogP contribution in [-0.4, -0.2) is 34.6 Å². The molecule has 23 heavy (non-hydrogen) atoms. The summed E-state index contributed by atoms with van der Waals surface area (Å²) in [4.78, 5) is 22.7. The molecule has 1 unspecified atom stereocenters. The molecule has 0 bridgehead atoms. The zero-order chi connectivity index (χ0) is 17.6. The summed E-state index contributed by atoms with van der Waals surface area (Å²) in [6, 6.07) is 1.95. The number of carbonyl (C=O) groups is 2. The van der Waals surface area contributed by atoms with E-state index in [1.165, 1.54) is 12.1 Å². The van der Waals surface area contributed by atoms with Gasteiger partial charge in [0.15, 0.2) is 0 Å². The number of ether oxygens (including phenoxy) is 1. The summed E-state index contributed by atoms with van der Waals surface area (Å²) in [6.07, 6.45) is -0.831. The first-order valence-electron chi connectivity index (χ1n) is 6.82. The van der Waals surface area contributed by atoms with Crippen molar-refractivity contribution in [3.05, 3.63) is 35.4 Å². The zero-order valence-corrected chi connectivity index (χ0v) is 13.9. The molecule has 0 heterocycles. The Morgan fingerprint density at radius 2 is 1.83 bits per heavy atom. The fraction of sp³-hybridized carbons (Fsp3) is 0.467. The lowest BCUT2D eigenvalue weighted by molar-refractivity contribution is -0.138. The second-order valence-electron chi connectivity index (χ2n) is 5.83. The fourth-order valence-corrected chi connectivity index (χ4v) is 2.60. The Labute approximate surface area is 137 Å². The number of rotatable bonds is 6. The highest BCUT2D eigenvalue weighted by Crippen LogP contribution is 2.16. The van der Waals surface area contributed by atoms with E-state index in [0.717, 1.165) is 17.8 Å². The maximum atomic E-state index is 13.1. The van der Waals surface area contributed by atoms with Crippen molar-refractivity contribution >= 4 is 23.8 Å². The Morgan fingerprint density at radius 1 is 1.26 bits per heavy atom. The van der Waals surface area contributed by atoms with Crippen LogP contribution >= 0.6 is 11.8 Å². The monoisotopic (exact) mass is 347 g/mol. The van der Waals surface area contributed by atoms with Gasteiger partial charge in [-0.3, -0.25) is 0 Å². The van der Waals surface area contributed by atoms with Gasteiger partial charge in [-0.25, -0.2) is 18.4 Å². The number of aliphatic carboxylic acids is 1. The Bertz CT molecular complexity index is 555. The van der Waals surface area contributed by atoms with Gasteiger partial charge in [-0.15, -0.1) is 0 Å². The molecule has 0 fully saturated rings. The van der Waals surface area contributed by atoms with Crippen LogP contribution in [0.3, 0.4) is 0 Å². The van der Waals surface area contributed by atoms with E-state index in [9.17, 15) is 18.4 Å². The molecule has 1 amide bonds. The summed E-state index contributed by atoms with van der Waals surface area (Å²) < 4.78 is 31.1. The minimum absolute atomic E-state index is 0.0344. The molecule has 1 aromatic carbocycles. The maximum absolute atomic E-state index is 13.1. The number of hydrogen-bond donors (Lipinski definition) is 2. The van der Waals surface area contributed by atoms with Crippen molar-refractivity contribution in [1.29, 1.82) is 0 Å². The number of halogens is 2. The molecule has 2 N–H and O–H groups in total. The molecular formula is C15H19F2NO4S. The quantitative estimate of drug-likeness (QED) is 0.827. The van der Waals surface area contributed by atoms with E-state index < -0.39 is 35.3 Å². The smallest absolute Gasteiger partial charge is 0.408 e. The highest BCUT2D eigenvalue weighted by atomic mass is 32.2. The van der Waals surface area contributed by atoms with Gasteiger partial charge >= 0.3 is 12.1 Å². The maximum Gasteiger partial charge on any atom is 0.408 e. The van der Waals surface area contributed by atoms with E-state index in [-0.39, 0.29) is 11.5 Å². The number of alkyl carbamates (subject to hydrolysis) is 1. The van der Waals surface area contributed by atoms with Gasteiger partial charge in [0, 0.05) is 17.6 Å². The van der Waals surface area contributed by atoms with E-state index in [2.05, 4.69) is 5.32 Å². The molecule has 0 saturated heterocycles. The summed E-state index contributed by atoms with van der Waals surface area (Å²) in [5.41, 5.74) is -0.340. The Hall–Kier alpha value is -1.83. The highest BCUT2D eigenvalue weighted by molar-refractivity contribution is 7.98. The summed E-state index contributed by atoms with van der Waals surface area (Å²) in [6.45, 7) is 4.99. The van der Waals surface area contributed by atoms with Crippen LogP contribution in [0, 0.1) is 11.6 Å². The summed E-state index contributed by atoms with van der Waals surface area (Å²) in [5, 5.41) is 11.4. The molecule has 5 nitrogen and oxygen atoms in total. The number of benzene rings is 1.